The Balaban J connectivity index is 3.96. The summed E-state index contributed by atoms with van der Waals surface area (Å²) in [6.45, 7) is 7.97. The van der Waals surface area contributed by atoms with Crippen LogP contribution in [0.25, 0.3) is 0 Å². The maximum Gasteiger partial charge on any atom is 0.330 e. The number of allylic oxidation sites excluding steroid dienone is 2. The van der Waals surface area contributed by atoms with E-state index in [4.69, 9.17) is 14.6 Å². The first-order valence-corrected chi connectivity index (χ1v) is 6.27. The van der Waals surface area contributed by atoms with E-state index in [1.807, 2.05) is 26.0 Å². The lowest BCUT2D eigenvalue weighted by Gasteiger charge is -2.12. The zero-order chi connectivity index (χ0) is 14.0. The van der Waals surface area contributed by atoms with Crippen molar-refractivity contribution in [1.82, 2.24) is 0 Å². The van der Waals surface area contributed by atoms with E-state index < -0.39 is 6.10 Å². The van der Waals surface area contributed by atoms with Crippen molar-refractivity contribution in [3.63, 3.8) is 0 Å². The van der Waals surface area contributed by atoms with Crippen LogP contribution in [0, 0.1) is 0 Å². The normalized spacial score (nSPS) is 15.7. The van der Waals surface area contributed by atoms with Gasteiger partial charge < -0.3 is 14.6 Å². The van der Waals surface area contributed by atoms with Crippen LogP contribution in [0.2, 0.25) is 0 Å². The molecule has 104 valence electrons. The zero-order valence-corrected chi connectivity index (χ0v) is 11.7. The molecule has 0 spiro atoms. The first kappa shape index (κ1) is 16.9. The van der Waals surface area contributed by atoms with E-state index >= 15 is 0 Å². The Hall–Kier alpha value is -1.13. The largest absolute Gasteiger partial charge is 0.463 e. The fourth-order valence-electron chi connectivity index (χ4n) is 1.24. The summed E-state index contributed by atoms with van der Waals surface area (Å²) in [5.41, 5.74) is 0.844. The number of aliphatic hydroxyl groups is 1. The molecule has 0 saturated heterocycles. The fourth-order valence-corrected chi connectivity index (χ4v) is 1.24. The minimum Gasteiger partial charge on any atom is -0.463 e. The Labute approximate surface area is 109 Å². The SMILES string of the molecule is CCOC(=O)C=C(C)C=CCC(C)OCC(C)O. The molecule has 0 aromatic heterocycles. The van der Waals surface area contributed by atoms with Crippen molar-refractivity contribution in [1.29, 1.82) is 0 Å². The Morgan fingerprint density at radius 2 is 2.06 bits per heavy atom. The second-order valence-corrected chi connectivity index (χ2v) is 4.27. The van der Waals surface area contributed by atoms with Crippen LogP contribution in [0.4, 0.5) is 0 Å². The number of hydrogen-bond donors (Lipinski definition) is 1. The van der Waals surface area contributed by atoms with Gasteiger partial charge in [-0.15, -0.1) is 0 Å². The smallest absolute Gasteiger partial charge is 0.330 e. The van der Waals surface area contributed by atoms with E-state index in [2.05, 4.69) is 0 Å². The molecule has 0 aliphatic rings. The number of hydrogen-bond acceptors (Lipinski definition) is 4. The van der Waals surface area contributed by atoms with E-state index in [1.165, 1.54) is 6.08 Å². The highest BCUT2D eigenvalue weighted by Gasteiger charge is 2.02. The Kier molecular flexibility index (Phi) is 9.24. The van der Waals surface area contributed by atoms with Crippen LogP contribution in [0.5, 0.6) is 0 Å². The predicted octanol–water partition coefficient (Wildman–Crippen LogP) is 2.23. The van der Waals surface area contributed by atoms with Crippen molar-refractivity contribution >= 4 is 5.97 Å². The van der Waals surface area contributed by atoms with Gasteiger partial charge in [-0.3, -0.25) is 0 Å². The molecule has 0 rings (SSSR count). The van der Waals surface area contributed by atoms with E-state index in [1.54, 1.807) is 13.8 Å². The summed E-state index contributed by atoms with van der Waals surface area (Å²) in [4.78, 5) is 11.1. The van der Waals surface area contributed by atoms with Gasteiger partial charge in [-0.2, -0.15) is 0 Å². The molecule has 0 aromatic rings. The number of carbonyl (C=O) groups is 1. The van der Waals surface area contributed by atoms with E-state index in [0.717, 1.165) is 12.0 Å². The Morgan fingerprint density at radius 1 is 1.39 bits per heavy atom. The molecule has 0 amide bonds. The Morgan fingerprint density at radius 3 is 2.61 bits per heavy atom. The number of carbonyl (C=O) groups excluding carboxylic acids is 1. The third-order valence-electron chi connectivity index (χ3n) is 2.10. The number of rotatable bonds is 8. The van der Waals surface area contributed by atoms with Gasteiger partial charge in [0.1, 0.15) is 0 Å². The van der Waals surface area contributed by atoms with Gasteiger partial charge in [0.05, 0.1) is 25.4 Å². The lowest BCUT2D eigenvalue weighted by molar-refractivity contribution is -0.137. The van der Waals surface area contributed by atoms with Crippen LogP contribution >= 0.6 is 0 Å². The van der Waals surface area contributed by atoms with Gasteiger partial charge in [-0.05, 0) is 39.7 Å². The molecule has 0 radical (unpaired) electrons. The summed E-state index contributed by atoms with van der Waals surface area (Å²) < 4.78 is 10.2. The summed E-state index contributed by atoms with van der Waals surface area (Å²) in [7, 11) is 0. The summed E-state index contributed by atoms with van der Waals surface area (Å²) in [6, 6.07) is 0. The molecule has 0 aromatic carbocycles. The van der Waals surface area contributed by atoms with Crippen molar-refractivity contribution in [2.24, 2.45) is 0 Å². The van der Waals surface area contributed by atoms with Gasteiger partial charge in [-0.1, -0.05) is 12.2 Å². The first-order chi connectivity index (χ1) is 8.45. The summed E-state index contributed by atoms with van der Waals surface area (Å²) in [5.74, 6) is -0.321. The summed E-state index contributed by atoms with van der Waals surface area (Å²) in [5, 5.41) is 9.06. The summed E-state index contributed by atoms with van der Waals surface area (Å²) >= 11 is 0. The molecular formula is C14H24O4. The van der Waals surface area contributed by atoms with Gasteiger partial charge in [0, 0.05) is 6.08 Å². The minimum absolute atomic E-state index is 0.0474. The lowest BCUT2D eigenvalue weighted by Crippen LogP contribution is -2.16. The molecule has 1 N–H and O–H groups in total. The number of esters is 1. The lowest BCUT2D eigenvalue weighted by atomic mass is 10.2. The topological polar surface area (TPSA) is 55.8 Å². The highest BCUT2D eigenvalue weighted by Crippen LogP contribution is 2.03. The molecule has 2 unspecified atom stereocenters. The molecule has 0 saturated carbocycles. The average molecular weight is 256 g/mol. The van der Waals surface area contributed by atoms with E-state index in [0.29, 0.717) is 13.2 Å². The highest BCUT2D eigenvalue weighted by atomic mass is 16.5. The zero-order valence-electron chi connectivity index (χ0n) is 11.7. The average Bonchev–Trinajstić information content (AvgIpc) is 2.26. The van der Waals surface area contributed by atoms with Gasteiger partial charge in [0.25, 0.3) is 0 Å². The van der Waals surface area contributed by atoms with Crippen LogP contribution in [-0.2, 0) is 14.3 Å². The summed E-state index contributed by atoms with van der Waals surface area (Å²) in [6.07, 6.45) is 5.60. The number of ether oxygens (including phenoxy) is 2. The third-order valence-corrected chi connectivity index (χ3v) is 2.10. The van der Waals surface area contributed by atoms with Crippen molar-refractivity contribution in [3.05, 3.63) is 23.8 Å². The monoisotopic (exact) mass is 256 g/mol. The maximum atomic E-state index is 11.1. The molecule has 18 heavy (non-hydrogen) atoms. The quantitative estimate of drug-likeness (QED) is 0.411. The van der Waals surface area contributed by atoms with Gasteiger partial charge in [0.15, 0.2) is 0 Å². The molecule has 0 aliphatic heterocycles. The standard InChI is InChI=1S/C14H24O4/c1-5-17-14(16)9-11(2)7-6-8-13(4)18-10-12(3)15/h6-7,9,12-13,15H,5,8,10H2,1-4H3. The van der Waals surface area contributed by atoms with Crippen LogP contribution < -0.4 is 0 Å². The van der Waals surface area contributed by atoms with Gasteiger partial charge in [-0.25, -0.2) is 4.79 Å². The number of aliphatic hydroxyl groups excluding tert-OH is 1. The molecule has 4 nitrogen and oxygen atoms in total. The Bertz CT molecular complexity index is 292. The highest BCUT2D eigenvalue weighted by molar-refractivity contribution is 5.83. The second-order valence-electron chi connectivity index (χ2n) is 4.27. The van der Waals surface area contributed by atoms with Crippen LogP contribution in [-0.4, -0.2) is 36.5 Å². The van der Waals surface area contributed by atoms with E-state index in [-0.39, 0.29) is 12.1 Å². The fraction of sp³-hybridized carbons (Fsp3) is 0.643. The van der Waals surface area contributed by atoms with Crippen molar-refractivity contribution in [3.8, 4) is 0 Å². The van der Waals surface area contributed by atoms with Gasteiger partial charge in [0.2, 0.25) is 0 Å². The predicted molar refractivity (Wildman–Crippen MR) is 71.2 cm³/mol. The van der Waals surface area contributed by atoms with Crippen LogP contribution in [0.1, 0.15) is 34.1 Å². The van der Waals surface area contributed by atoms with Crippen molar-refractivity contribution in [2.75, 3.05) is 13.2 Å². The molecule has 0 fully saturated rings. The first-order valence-electron chi connectivity index (χ1n) is 6.27. The minimum atomic E-state index is -0.443. The third kappa shape index (κ3) is 10.1. The van der Waals surface area contributed by atoms with Crippen LogP contribution in [0.15, 0.2) is 23.8 Å². The van der Waals surface area contributed by atoms with Crippen molar-refractivity contribution < 1.29 is 19.4 Å². The van der Waals surface area contributed by atoms with Gasteiger partial charge >= 0.3 is 5.97 Å². The maximum absolute atomic E-state index is 11.1. The second kappa shape index (κ2) is 9.85. The molecular weight excluding hydrogens is 232 g/mol. The molecule has 0 aliphatic carbocycles. The van der Waals surface area contributed by atoms with Crippen molar-refractivity contribution in [2.45, 2.75) is 46.3 Å². The van der Waals surface area contributed by atoms with Crippen LogP contribution in [0.3, 0.4) is 0 Å². The molecule has 0 bridgehead atoms. The van der Waals surface area contributed by atoms with E-state index in [9.17, 15) is 4.79 Å². The molecule has 4 heteroatoms. The molecule has 2 atom stereocenters. The molecule has 0 heterocycles.